The monoisotopic (exact) mass is 429 g/mol. The van der Waals surface area contributed by atoms with E-state index >= 15 is 0 Å². The van der Waals surface area contributed by atoms with Crippen molar-refractivity contribution in [1.29, 1.82) is 0 Å². The minimum Gasteiger partial charge on any atom is -0.497 e. The number of hydrogen-bond donors (Lipinski definition) is 2. The standard InChI is InChI=1S/C22H27N3O4S/c1-13(2)24-25-21(27)19-16-8-6-5-7-9-18(16)30-22(19)23-20(26)15-11-10-14(28-3)12-17(15)29-4/h10-12H,5-9H2,1-4H3,(H,23,26)(H,25,27). The third-order valence-corrected chi connectivity index (χ3v) is 6.12. The van der Waals surface area contributed by atoms with E-state index in [-0.39, 0.29) is 11.8 Å². The van der Waals surface area contributed by atoms with Gasteiger partial charge in [-0.1, -0.05) is 6.42 Å². The molecular formula is C22H27N3O4S. The van der Waals surface area contributed by atoms with Crippen LogP contribution in [0.5, 0.6) is 11.5 Å². The number of thiophene rings is 1. The highest BCUT2D eigenvalue weighted by Crippen LogP contribution is 2.38. The van der Waals surface area contributed by atoms with Gasteiger partial charge in [-0.05, 0) is 57.2 Å². The van der Waals surface area contributed by atoms with Crippen molar-refractivity contribution in [1.82, 2.24) is 5.43 Å². The number of methoxy groups -OCH3 is 2. The predicted molar refractivity (Wildman–Crippen MR) is 119 cm³/mol. The number of carbonyl (C=O) groups excluding carboxylic acids is 2. The summed E-state index contributed by atoms with van der Waals surface area (Å²) in [5.41, 5.74) is 5.27. The van der Waals surface area contributed by atoms with Gasteiger partial charge in [-0.25, -0.2) is 5.43 Å². The van der Waals surface area contributed by atoms with Crippen molar-refractivity contribution in [3.05, 3.63) is 39.8 Å². The Morgan fingerprint density at radius 3 is 2.50 bits per heavy atom. The number of carbonyl (C=O) groups is 2. The van der Waals surface area contributed by atoms with Crippen LogP contribution in [0.4, 0.5) is 5.00 Å². The number of anilines is 1. The fraction of sp³-hybridized carbons (Fsp3) is 0.409. The Bertz CT molecular complexity index is 977. The van der Waals surface area contributed by atoms with Crippen molar-refractivity contribution < 1.29 is 19.1 Å². The second-order valence-electron chi connectivity index (χ2n) is 7.29. The summed E-state index contributed by atoms with van der Waals surface area (Å²) >= 11 is 1.48. The fourth-order valence-electron chi connectivity index (χ4n) is 3.45. The minimum absolute atomic E-state index is 0.299. The molecule has 1 heterocycles. The molecule has 1 aliphatic rings. The molecule has 1 aromatic carbocycles. The number of fused-ring (bicyclic) bond motifs is 1. The summed E-state index contributed by atoms with van der Waals surface area (Å²) in [5.74, 6) is 0.365. The summed E-state index contributed by atoms with van der Waals surface area (Å²) < 4.78 is 10.6. The van der Waals surface area contributed by atoms with Gasteiger partial charge in [0.25, 0.3) is 11.8 Å². The van der Waals surface area contributed by atoms with Gasteiger partial charge in [0.05, 0.1) is 25.3 Å². The first-order chi connectivity index (χ1) is 14.4. The van der Waals surface area contributed by atoms with Crippen molar-refractivity contribution in [3.63, 3.8) is 0 Å². The summed E-state index contributed by atoms with van der Waals surface area (Å²) in [6.07, 6.45) is 4.99. The van der Waals surface area contributed by atoms with Crippen LogP contribution in [-0.2, 0) is 12.8 Å². The molecular weight excluding hydrogens is 402 g/mol. The Morgan fingerprint density at radius 1 is 1.03 bits per heavy atom. The predicted octanol–water partition coefficient (Wildman–Crippen LogP) is 4.41. The molecule has 1 aromatic heterocycles. The lowest BCUT2D eigenvalue weighted by Gasteiger charge is -2.11. The number of nitrogens with one attached hydrogen (secondary N) is 2. The molecule has 0 saturated carbocycles. The van der Waals surface area contributed by atoms with Gasteiger partial charge in [0.15, 0.2) is 0 Å². The Hall–Kier alpha value is -2.87. The molecule has 7 nitrogen and oxygen atoms in total. The van der Waals surface area contributed by atoms with Crippen LogP contribution in [0.1, 0.15) is 64.3 Å². The van der Waals surface area contributed by atoms with E-state index in [2.05, 4.69) is 15.8 Å². The summed E-state index contributed by atoms with van der Waals surface area (Å²) in [4.78, 5) is 27.1. The lowest BCUT2D eigenvalue weighted by Crippen LogP contribution is -2.22. The molecule has 0 saturated heterocycles. The molecule has 0 unspecified atom stereocenters. The van der Waals surface area contributed by atoms with Crippen molar-refractivity contribution in [2.24, 2.45) is 5.10 Å². The van der Waals surface area contributed by atoms with Crippen LogP contribution in [0, 0.1) is 0 Å². The largest absolute Gasteiger partial charge is 0.497 e. The molecule has 0 atom stereocenters. The molecule has 2 aromatic rings. The van der Waals surface area contributed by atoms with Crippen molar-refractivity contribution in [2.45, 2.75) is 46.0 Å². The van der Waals surface area contributed by atoms with E-state index in [0.29, 0.717) is 27.6 Å². The van der Waals surface area contributed by atoms with E-state index in [0.717, 1.165) is 48.3 Å². The molecule has 0 aliphatic heterocycles. The number of nitrogens with zero attached hydrogens (tertiary/aromatic N) is 1. The van der Waals surface area contributed by atoms with Crippen LogP contribution in [-0.4, -0.2) is 31.7 Å². The van der Waals surface area contributed by atoms with Crippen LogP contribution in [0.3, 0.4) is 0 Å². The van der Waals surface area contributed by atoms with E-state index in [1.807, 2.05) is 13.8 Å². The van der Waals surface area contributed by atoms with Gasteiger partial charge in [-0.3, -0.25) is 9.59 Å². The van der Waals surface area contributed by atoms with Crippen LogP contribution < -0.4 is 20.2 Å². The average Bonchev–Trinajstić information content (AvgIpc) is 2.91. The molecule has 0 fully saturated rings. The zero-order chi connectivity index (χ0) is 21.7. The van der Waals surface area contributed by atoms with Crippen molar-refractivity contribution in [2.75, 3.05) is 19.5 Å². The number of rotatable bonds is 6. The van der Waals surface area contributed by atoms with Gasteiger partial charge in [-0.2, -0.15) is 5.10 Å². The van der Waals surface area contributed by atoms with E-state index < -0.39 is 0 Å². The Morgan fingerprint density at radius 2 is 1.80 bits per heavy atom. The molecule has 2 N–H and O–H groups in total. The first-order valence-electron chi connectivity index (χ1n) is 9.93. The first-order valence-corrected chi connectivity index (χ1v) is 10.8. The highest BCUT2D eigenvalue weighted by Gasteiger charge is 2.26. The smallest absolute Gasteiger partial charge is 0.274 e. The molecule has 8 heteroatoms. The highest BCUT2D eigenvalue weighted by molar-refractivity contribution is 7.17. The minimum atomic E-state index is -0.338. The third-order valence-electron chi connectivity index (χ3n) is 4.91. The third kappa shape index (κ3) is 4.81. The van der Waals surface area contributed by atoms with Gasteiger partial charge in [-0.15, -0.1) is 11.3 Å². The van der Waals surface area contributed by atoms with Crippen LogP contribution >= 0.6 is 11.3 Å². The quantitative estimate of drug-likeness (QED) is 0.404. The number of benzene rings is 1. The van der Waals surface area contributed by atoms with Gasteiger partial charge < -0.3 is 14.8 Å². The van der Waals surface area contributed by atoms with Gasteiger partial charge in [0.1, 0.15) is 16.5 Å². The maximum atomic E-state index is 13.0. The maximum Gasteiger partial charge on any atom is 0.274 e. The number of aryl methyl sites for hydroxylation is 1. The van der Waals surface area contributed by atoms with Crippen molar-refractivity contribution in [3.8, 4) is 11.5 Å². The summed E-state index contributed by atoms with van der Waals surface area (Å²) in [6, 6.07) is 5.01. The molecule has 0 bridgehead atoms. The Kier molecular flexibility index (Phi) is 7.10. The molecule has 2 amide bonds. The first kappa shape index (κ1) is 21.8. The van der Waals surface area contributed by atoms with Crippen LogP contribution in [0.25, 0.3) is 0 Å². The lowest BCUT2D eigenvalue weighted by molar-refractivity contribution is 0.0955. The number of amides is 2. The van der Waals surface area contributed by atoms with Gasteiger partial charge >= 0.3 is 0 Å². The van der Waals surface area contributed by atoms with Crippen molar-refractivity contribution >= 4 is 33.9 Å². The zero-order valence-electron chi connectivity index (χ0n) is 17.8. The van der Waals surface area contributed by atoms with Crippen LogP contribution in [0.15, 0.2) is 23.3 Å². The topological polar surface area (TPSA) is 89.0 Å². The number of ether oxygens (including phenoxy) is 2. The molecule has 0 radical (unpaired) electrons. The molecule has 1 aliphatic carbocycles. The average molecular weight is 430 g/mol. The van der Waals surface area contributed by atoms with Gasteiger partial charge in [0.2, 0.25) is 0 Å². The fourth-order valence-corrected chi connectivity index (χ4v) is 4.73. The Balaban J connectivity index is 1.96. The summed E-state index contributed by atoms with van der Waals surface area (Å²) in [5, 5.41) is 7.53. The number of hydrazone groups is 1. The van der Waals surface area contributed by atoms with Crippen LogP contribution in [0.2, 0.25) is 0 Å². The zero-order valence-corrected chi connectivity index (χ0v) is 18.6. The maximum absolute atomic E-state index is 13.0. The summed E-state index contributed by atoms with van der Waals surface area (Å²) in [7, 11) is 3.06. The molecule has 30 heavy (non-hydrogen) atoms. The second kappa shape index (κ2) is 9.75. The molecule has 3 rings (SSSR count). The Labute approximate surface area is 180 Å². The SMILES string of the molecule is COc1ccc(C(=O)Nc2sc3c(c2C(=O)NN=C(C)C)CCCCC3)c(OC)c1. The van der Waals surface area contributed by atoms with Gasteiger partial charge in [0, 0.05) is 16.7 Å². The lowest BCUT2D eigenvalue weighted by atomic mass is 10.0. The van der Waals surface area contributed by atoms with E-state index in [1.54, 1.807) is 25.3 Å². The molecule has 160 valence electrons. The second-order valence-corrected chi connectivity index (χ2v) is 8.39. The van der Waals surface area contributed by atoms with E-state index in [4.69, 9.17) is 9.47 Å². The summed E-state index contributed by atoms with van der Waals surface area (Å²) in [6.45, 7) is 3.63. The number of hydrogen-bond acceptors (Lipinski definition) is 6. The highest BCUT2D eigenvalue weighted by atomic mass is 32.1. The van der Waals surface area contributed by atoms with E-state index in [1.165, 1.54) is 18.4 Å². The molecule has 0 spiro atoms. The normalized spacial score (nSPS) is 12.9. The van der Waals surface area contributed by atoms with E-state index in [9.17, 15) is 9.59 Å².